The Labute approximate surface area is 74.8 Å². The summed E-state index contributed by atoms with van der Waals surface area (Å²) < 4.78 is 0. The monoisotopic (exact) mass is 185 g/mol. The van der Waals surface area contributed by atoms with Gasteiger partial charge in [-0.25, -0.2) is 0 Å². The summed E-state index contributed by atoms with van der Waals surface area (Å²) in [7, 11) is 0. The fourth-order valence-electron chi connectivity index (χ4n) is 0.902. The number of thiophene rings is 1. The summed E-state index contributed by atoms with van der Waals surface area (Å²) >= 11 is 1.55. The highest BCUT2D eigenvalue weighted by Crippen LogP contribution is 2.14. The molecular weight excluding hydrogens is 174 g/mol. The van der Waals surface area contributed by atoms with Gasteiger partial charge in [-0.05, 0) is 23.9 Å². The lowest BCUT2D eigenvalue weighted by Gasteiger charge is -2.02. The maximum Gasteiger partial charge on any atom is 0.320 e. The van der Waals surface area contributed by atoms with Crippen LogP contribution in [-0.4, -0.2) is 17.1 Å². The zero-order valence-corrected chi connectivity index (χ0v) is 7.60. The van der Waals surface area contributed by atoms with Gasteiger partial charge >= 0.3 is 5.97 Å². The van der Waals surface area contributed by atoms with Crippen molar-refractivity contribution in [2.75, 3.05) is 0 Å². The molecule has 0 spiro atoms. The van der Waals surface area contributed by atoms with Crippen LogP contribution < -0.4 is 5.73 Å². The number of hydrogen-bond acceptors (Lipinski definition) is 3. The van der Waals surface area contributed by atoms with Gasteiger partial charge in [0, 0.05) is 11.3 Å². The van der Waals surface area contributed by atoms with E-state index in [1.807, 2.05) is 18.4 Å². The van der Waals surface area contributed by atoms with Crippen LogP contribution >= 0.6 is 11.3 Å². The fraction of sp³-hybridized carbons (Fsp3) is 0.375. The first-order valence-electron chi connectivity index (χ1n) is 3.62. The third-order valence-electron chi connectivity index (χ3n) is 1.52. The van der Waals surface area contributed by atoms with E-state index in [4.69, 9.17) is 10.8 Å². The fourth-order valence-corrected chi connectivity index (χ4v) is 1.84. The molecule has 1 rings (SSSR count). The minimum Gasteiger partial charge on any atom is -0.480 e. The Bertz CT molecular complexity index is 282. The molecule has 0 unspecified atom stereocenters. The number of nitrogens with two attached hydrogens (primary N) is 1. The van der Waals surface area contributed by atoms with Crippen molar-refractivity contribution in [1.29, 1.82) is 0 Å². The standard InChI is InChI=1S/C8H11NO2S/c1-5-2-6(12-4-5)3-7(9)8(10)11/h2,4,7H,3,9H2,1H3,(H,10,11)/t7-/m1/s1. The van der Waals surface area contributed by atoms with Gasteiger partial charge in [0.1, 0.15) is 6.04 Å². The highest BCUT2D eigenvalue weighted by Gasteiger charge is 2.12. The summed E-state index contributed by atoms with van der Waals surface area (Å²) in [6.07, 6.45) is 0.424. The number of aryl methyl sites for hydroxylation is 1. The van der Waals surface area contributed by atoms with Crippen molar-refractivity contribution in [3.05, 3.63) is 21.9 Å². The predicted octanol–water partition coefficient (Wildman–Crippen LogP) is 1.01. The first-order valence-corrected chi connectivity index (χ1v) is 4.50. The molecule has 0 saturated carbocycles. The van der Waals surface area contributed by atoms with Gasteiger partial charge in [-0.1, -0.05) is 0 Å². The molecule has 0 aliphatic carbocycles. The molecule has 0 bridgehead atoms. The molecule has 0 aromatic carbocycles. The van der Waals surface area contributed by atoms with Crippen LogP contribution in [0.4, 0.5) is 0 Å². The van der Waals surface area contributed by atoms with E-state index in [2.05, 4.69) is 0 Å². The number of carboxylic acids is 1. The summed E-state index contributed by atoms with van der Waals surface area (Å²) in [5.41, 5.74) is 6.52. The number of carbonyl (C=O) groups is 1. The van der Waals surface area contributed by atoms with Crippen molar-refractivity contribution >= 4 is 17.3 Å². The minimum atomic E-state index is -0.943. The molecule has 1 heterocycles. The van der Waals surface area contributed by atoms with Gasteiger partial charge in [0.2, 0.25) is 0 Å². The molecule has 0 radical (unpaired) electrons. The lowest BCUT2D eigenvalue weighted by molar-refractivity contribution is -0.138. The molecule has 0 aliphatic heterocycles. The molecule has 3 N–H and O–H groups in total. The Morgan fingerprint density at radius 1 is 1.83 bits per heavy atom. The lowest BCUT2D eigenvalue weighted by Crippen LogP contribution is -2.31. The van der Waals surface area contributed by atoms with Gasteiger partial charge < -0.3 is 10.8 Å². The van der Waals surface area contributed by atoms with Crippen LogP contribution in [-0.2, 0) is 11.2 Å². The zero-order valence-electron chi connectivity index (χ0n) is 6.78. The molecule has 0 fully saturated rings. The minimum absolute atomic E-state index is 0.424. The summed E-state index contributed by atoms with van der Waals surface area (Å²) in [4.78, 5) is 11.4. The smallest absolute Gasteiger partial charge is 0.320 e. The van der Waals surface area contributed by atoms with Crippen LogP contribution in [0.1, 0.15) is 10.4 Å². The second-order valence-corrected chi connectivity index (χ2v) is 3.74. The van der Waals surface area contributed by atoms with E-state index in [9.17, 15) is 4.79 Å². The predicted molar refractivity (Wildman–Crippen MR) is 48.4 cm³/mol. The summed E-state index contributed by atoms with van der Waals surface area (Å²) in [5, 5.41) is 10.5. The van der Waals surface area contributed by atoms with Crippen molar-refractivity contribution in [2.45, 2.75) is 19.4 Å². The molecular formula is C8H11NO2S. The van der Waals surface area contributed by atoms with Crippen molar-refractivity contribution in [3.63, 3.8) is 0 Å². The molecule has 0 aliphatic rings. The Morgan fingerprint density at radius 2 is 2.50 bits per heavy atom. The Kier molecular flexibility index (Phi) is 2.83. The summed E-state index contributed by atoms with van der Waals surface area (Å²) in [5.74, 6) is -0.943. The Balaban J connectivity index is 2.58. The topological polar surface area (TPSA) is 63.3 Å². The number of carboxylic acid groups (broad SMARTS) is 1. The molecule has 12 heavy (non-hydrogen) atoms. The third kappa shape index (κ3) is 2.32. The van der Waals surface area contributed by atoms with Crippen LogP contribution in [0.25, 0.3) is 0 Å². The van der Waals surface area contributed by atoms with Crippen LogP contribution in [0.3, 0.4) is 0 Å². The van der Waals surface area contributed by atoms with Crippen molar-refractivity contribution in [2.24, 2.45) is 5.73 Å². The maximum absolute atomic E-state index is 10.4. The van der Waals surface area contributed by atoms with Crippen LogP contribution in [0.2, 0.25) is 0 Å². The summed E-state index contributed by atoms with van der Waals surface area (Å²) in [6, 6.07) is 1.19. The first kappa shape index (κ1) is 9.22. The Morgan fingerprint density at radius 3 is 2.92 bits per heavy atom. The van der Waals surface area contributed by atoms with E-state index in [1.54, 1.807) is 11.3 Å². The summed E-state index contributed by atoms with van der Waals surface area (Å²) in [6.45, 7) is 1.98. The first-order chi connectivity index (χ1) is 5.59. The third-order valence-corrected chi connectivity index (χ3v) is 2.60. The lowest BCUT2D eigenvalue weighted by atomic mass is 10.2. The van der Waals surface area contributed by atoms with E-state index >= 15 is 0 Å². The number of rotatable bonds is 3. The quantitative estimate of drug-likeness (QED) is 0.738. The van der Waals surface area contributed by atoms with Gasteiger partial charge in [0.05, 0.1) is 0 Å². The normalized spacial score (nSPS) is 12.8. The maximum atomic E-state index is 10.4. The zero-order chi connectivity index (χ0) is 9.14. The average Bonchev–Trinajstić information content (AvgIpc) is 2.35. The van der Waals surface area contributed by atoms with Gasteiger partial charge in [0.25, 0.3) is 0 Å². The molecule has 0 saturated heterocycles. The number of hydrogen-bond donors (Lipinski definition) is 2. The van der Waals surface area contributed by atoms with Gasteiger partial charge in [-0.15, -0.1) is 11.3 Å². The molecule has 0 amide bonds. The van der Waals surface area contributed by atoms with Gasteiger partial charge in [0.15, 0.2) is 0 Å². The van der Waals surface area contributed by atoms with Gasteiger partial charge in [-0.3, -0.25) is 4.79 Å². The van der Waals surface area contributed by atoms with E-state index < -0.39 is 12.0 Å². The Hall–Kier alpha value is -0.870. The molecule has 1 atom stereocenters. The molecule has 1 aromatic heterocycles. The van der Waals surface area contributed by atoms with Crippen molar-refractivity contribution < 1.29 is 9.90 Å². The molecule has 1 aromatic rings. The number of aliphatic carboxylic acids is 1. The average molecular weight is 185 g/mol. The molecule has 66 valence electrons. The second kappa shape index (κ2) is 3.69. The van der Waals surface area contributed by atoms with Crippen LogP contribution in [0.15, 0.2) is 11.4 Å². The van der Waals surface area contributed by atoms with Crippen molar-refractivity contribution in [3.8, 4) is 0 Å². The molecule has 3 nitrogen and oxygen atoms in total. The molecule has 4 heteroatoms. The van der Waals surface area contributed by atoms with E-state index in [1.165, 1.54) is 0 Å². The van der Waals surface area contributed by atoms with Crippen molar-refractivity contribution in [1.82, 2.24) is 0 Å². The highest BCUT2D eigenvalue weighted by molar-refractivity contribution is 7.10. The van der Waals surface area contributed by atoms with Crippen LogP contribution in [0.5, 0.6) is 0 Å². The SMILES string of the molecule is Cc1csc(C[C@@H](N)C(=O)O)c1. The van der Waals surface area contributed by atoms with Gasteiger partial charge in [-0.2, -0.15) is 0 Å². The van der Waals surface area contributed by atoms with E-state index in [0.717, 1.165) is 10.4 Å². The second-order valence-electron chi connectivity index (χ2n) is 2.74. The van der Waals surface area contributed by atoms with Crippen LogP contribution in [0, 0.1) is 6.92 Å². The van der Waals surface area contributed by atoms with E-state index in [0.29, 0.717) is 6.42 Å². The highest BCUT2D eigenvalue weighted by atomic mass is 32.1. The van der Waals surface area contributed by atoms with E-state index in [-0.39, 0.29) is 0 Å². The largest absolute Gasteiger partial charge is 0.480 e.